The molecule has 4 nitrogen and oxygen atoms in total. The lowest BCUT2D eigenvalue weighted by Crippen LogP contribution is -2.47. The van der Waals surface area contributed by atoms with Gasteiger partial charge in [0.15, 0.2) is 0 Å². The number of hydrogen-bond acceptors (Lipinski definition) is 4. The summed E-state index contributed by atoms with van der Waals surface area (Å²) in [5, 5.41) is 3.69. The highest BCUT2D eigenvalue weighted by Crippen LogP contribution is 2.31. The van der Waals surface area contributed by atoms with Gasteiger partial charge < -0.3 is 10.2 Å². The highest BCUT2D eigenvalue weighted by Gasteiger charge is 2.35. The van der Waals surface area contributed by atoms with Gasteiger partial charge in [-0.25, -0.2) is 4.98 Å². The summed E-state index contributed by atoms with van der Waals surface area (Å²) >= 11 is 0. The number of benzene rings is 1. The van der Waals surface area contributed by atoms with Crippen LogP contribution in [0.3, 0.4) is 0 Å². The van der Waals surface area contributed by atoms with Crippen molar-refractivity contribution >= 4 is 16.9 Å². The van der Waals surface area contributed by atoms with E-state index in [-0.39, 0.29) is 0 Å². The number of hydrogen-bond donors (Lipinski definition) is 1. The van der Waals surface area contributed by atoms with Gasteiger partial charge in [-0.2, -0.15) is 0 Å². The van der Waals surface area contributed by atoms with E-state index in [0.717, 1.165) is 16.9 Å². The Kier molecular flexibility index (Phi) is 2.84. The molecule has 104 valence electrons. The molecule has 2 aliphatic rings. The molecular weight excluding hydrogens is 248 g/mol. The molecule has 1 aromatic heterocycles. The number of piperidine rings is 1. The van der Waals surface area contributed by atoms with E-state index in [9.17, 15) is 0 Å². The van der Waals surface area contributed by atoms with Crippen LogP contribution in [0, 0.1) is 0 Å². The molecule has 0 amide bonds. The molecule has 2 atom stereocenters. The van der Waals surface area contributed by atoms with Gasteiger partial charge in [0.05, 0.1) is 17.2 Å². The first-order chi connectivity index (χ1) is 9.79. The zero-order valence-electron chi connectivity index (χ0n) is 11.8. The van der Waals surface area contributed by atoms with Crippen LogP contribution in [-0.4, -0.2) is 35.1 Å². The van der Waals surface area contributed by atoms with Crippen LogP contribution >= 0.6 is 0 Å². The van der Waals surface area contributed by atoms with Crippen LogP contribution in [0.25, 0.3) is 11.0 Å². The average Bonchev–Trinajstić information content (AvgIpc) is 2.84. The maximum Gasteiger partial charge on any atom is 0.147 e. The Hall–Kier alpha value is -1.68. The summed E-state index contributed by atoms with van der Waals surface area (Å²) in [7, 11) is 2.16. The van der Waals surface area contributed by atoms with Crippen molar-refractivity contribution in [2.24, 2.45) is 0 Å². The maximum atomic E-state index is 4.76. The van der Waals surface area contributed by atoms with E-state index in [1.165, 1.54) is 25.7 Å². The zero-order valence-corrected chi connectivity index (χ0v) is 11.8. The number of nitrogens with zero attached hydrogens (tertiary/aromatic N) is 3. The molecule has 3 heterocycles. The Morgan fingerprint density at radius 3 is 2.55 bits per heavy atom. The summed E-state index contributed by atoms with van der Waals surface area (Å²) in [6.45, 7) is 0. The Bertz CT molecular complexity index is 615. The van der Waals surface area contributed by atoms with Crippen molar-refractivity contribution in [3.05, 3.63) is 30.5 Å². The van der Waals surface area contributed by atoms with Crippen molar-refractivity contribution < 1.29 is 0 Å². The molecule has 0 radical (unpaired) electrons. The lowest BCUT2D eigenvalue weighted by molar-refractivity contribution is 0.354. The fraction of sp³-hybridized carbons (Fsp3) is 0.500. The molecule has 0 saturated carbocycles. The maximum absolute atomic E-state index is 4.76. The number of fused-ring (bicyclic) bond motifs is 3. The fourth-order valence-corrected chi connectivity index (χ4v) is 3.65. The van der Waals surface area contributed by atoms with Crippen LogP contribution in [0.5, 0.6) is 0 Å². The minimum Gasteiger partial charge on any atom is -0.355 e. The van der Waals surface area contributed by atoms with E-state index in [2.05, 4.69) is 22.2 Å². The first kappa shape index (κ1) is 12.1. The van der Waals surface area contributed by atoms with Crippen LogP contribution in [-0.2, 0) is 0 Å². The minimum atomic E-state index is 0.587. The van der Waals surface area contributed by atoms with E-state index < -0.39 is 0 Å². The predicted molar refractivity (Wildman–Crippen MR) is 80.9 cm³/mol. The van der Waals surface area contributed by atoms with Gasteiger partial charge in [-0.15, -0.1) is 0 Å². The first-order valence-electron chi connectivity index (χ1n) is 7.50. The van der Waals surface area contributed by atoms with E-state index in [1.807, 2.05) is 30.5 Å². The lowest BCUT2D eigenvalue weighted by Gasteiger charge is -2.36. The monoisotopic (exact) mass is 268 g/mol. The van der Waals surface area contributed by atoms with E-state index in [0.29, 0.717) is 18.1 Å². The van der Waals surface area contributed by atoms with Gasteiger partial charge in [0.1, 0.15) is 5.82 Å². The normalized spacial score (nSPS) is 28.8. The minimum absolute atomic E-state index is 0.587. The fourth-order valence-electron chi connectivity index (χ4n) is 3.65. The Morgan fingerprint density at radius 1 is 1.10 bits per heavy atom. The molecule has 2 unspecified atom stereocenters. The molecule has 0 spiro atoms. The molecular formula is C16H20N4. The highest BCUT2D eigenvalue weighted by atomic mass is 15.2. The summed E-state index contributed by atoms with van der Waals surface area (Å²) in [6, 6.07) is 10.1. The third-order valence-electron chi connectivity index (χ3n) is 4.79. The van der Waals surface area contributed by atoms with Crippen molar-refractivity contribution in [3.63, 3.8) is 0 Å². The highest BCUT2D eigenvalue weighted by molar-refractivity contribution is 5.75. The third-order valence-corrected chi connectivity index (χ3v) is 4.79. The second-order valence-electron chi connectivity index (χ2n) is 6.09. The summed E-state index contributed by atoms with van der Waals surface area (Å²) in [5.41, 5.74) is 1.95. The molecule has 2 aliphatic heterocycles. The largest absolute Gasteiger partial charge is 0.355 e. The van der Waals surface area contributed by atoms with Crippen molar-refractivity contribution in [1.29, 1.82) is 0 Å². The predicted octanol–water partition coefficient (Wildman–Crippen LogP) is 2.35. The van der Waals surface area contributed by atoms with Crippen molar-refractivity contribution in [2.75, 3.05) is 11.9 Å². The Balaban J connectivity index is 1.61. The third kappa shape index (κ3) is 2.04. The molecule has 0 aliphatic carbocycles. The summed E-state index contributed by atoms with van der Waals surface area (Å²) in [5.74, 6) is 0.995. The second kappa shape index (κ2) is 4.70. The van der Waals surface area contributed by atoms with Crippen molar-refractivity contribution in [3.8, 4) is 0 Å². The molecule has 1 aromatic carbocycles. The van der Waals surface area contributed by atoms with Gasteiger partial charge in [-0.1, -0.05) is 12.1 Å². The quantitative estimate of drug-likeness (QED) is 0.907. The Labute approximate surface area is 119 Å². The average molecular weight is 268 g/mol. The van der Waals surface area contributed by atoms with E-state index in [1.54, 1.807) is 0 Å². The van der Waals surface area contributed by atoms with Crippen molar-refractivity contribution in [1.82, 2.24) is 15.3 Å². The van der Waals surface area contributed by atoms with E-state index in [4.69, 9.17) is 4.98 Å². The summed E-state index contributed by atoms with van der Waals surface area (Å²) in [6.07, 6.45) is 7.02. The van der Waals surface area contributed by atoms with Gasteiger partial charge in [0, 0.05) is 25.2 Å². The van der Waals surface area contributed by atoms with Crippen molar-refractivity contribution in [2.45, 2.75) is 43.8 Å². The second-order valence-corrected chi connectivity index (χ2v) is 6.09. The smallest absolute Gasteiger partial charge is 0.147 e. The first-order valence-corrected chi connectivity index (χ1v) is 7.50. The van der Waals surface area contributed by atoms with Crippen LogP contribution in [0.4, 0.5) is 5.82 Å². The molecule has 2 fully saturated rings. The number of para-hydroxylation sites is 2. The molecule has 2 aromatic rings. The zero-order chi connectivity index (χ0) is 13.5. The van der Waals surface area contributed by atoms with Crippen LogP contribution in [0.15, 0.2) is 30.5 Å². The summed E-state index contributed by atoms with van der Waals surface area (Å²) < 4.78 is 0. The molecule has 4 rings (SSSR count). The van der Waals surface area contributed by atoms with Crippen LogP contribution in [0.1, 0.15) is 25.7 Å². The molecule has 20 heavy (non-hydrogen) atoms. The summed E-state index contributed by atoms with van der Waals surface area (Å²) in [4.78, 5) is 11.6. The number of rotatable bonds is 2. The molecule has 2 saturated heterocycles. The van der Waals surface area contributed by atoms with Crippen LogP contribution < -0.4 is 10.2 Å². The molecule has 4 heteroatoms. The molecule has 1 N–H and O–H groups in total. The number of nitrogens with one attached hydrogen (secondary N) is 1. The van der Waals surface area contributed by atoms with Gasteiger partial charge in [0.2, 0.25) is 0 Å². The Morgan fingerprint density at radius 2 is 1.80 bits per heavy atom. The topological polar surface area (TPSA) is 41.1 Å². The van der Waals surface area contributed by atoms with E-state index >= 15 is 0 Å². The van der Waals surface area contributed by atoms with Gasteiger partial charge >= 0.3 is 0 Å². The van der Waals surface area contributed by atoms with Crippen LogP contribution in [0.2, 0.25) is 0 Å². The standard InChI is InChI=1S/C16H20N4/c1-20(13-8-11-6-7-12(9-13)18-11)16-10-17-14-4-2-3-5-15(14)19-16/h2-5,10-13,18H,6-9H2,1H3. The number of aromatic nitrogens is 2. The number of anilines is 1. The lowest BCUT2D eigenvalue weighted by atomic mass is 9.98. The SMILES string of the molecule is CN(c1cnc2ccccc2n1)C1CC2CCC(C1)N2. The molecule has 2 bridgehead atoms. The van der Waals surface area contributed by atoms with Gasteiger partial charge in [-0.3, -0.25) is 4.98 Å². The van der Waals surface area contributed by atoms with Gasteiger partial charge in [-0.05, 0) is 37.8 Å². The van der Waals surface area contributed by atoms with Gasteiger partial charge in [0.25, 0.3) is 0 Å².